The van der Waals surface area contributed by atoms with Crippen LogP contribution in [0.3, 0.4) is 0 Å². The molecule has 1 saturated heterocycles. The fraction of sp³-hybridized carbons (Fsp3) is 0.429. The molecule has 1 fully saturated rings. The van der Waals surface area contributed by atoms with Gasteiger partial charge in [-0.15, -0.1) is 0 Å². The van der Waals surface area contributed by atoms with E-state index in [2.05, 4.69) is 9.97 Å². The van der Waals surface area contributed by atoms with Crippen molar-refractivity contribution in [2.24, 2.45) is 0 Å². The van der Waals surface area contributed by atoms with Gasteiger partial charge in [0.25, 0.3) is 0 Å². The molecular weight excluding hydrogens is 142 g/mol. The molecule has 0 unspecified atom stereocenters. The third-order valence-corrected chi connectivity index (χ3v) is 1.77. The molecule has 2 rings (SSSR count). The Balaban J connectivity index is 2.08. The molecule has 0 radical (unpaired) electrons. The lowest BCUT2D eigenvalue weighted by molar-refractivity contribution is 0.142. The van der Waals surface area contributed by atoms with E-state index in [4.69, 9.17) is 5.11 Å². The Labute approximate surface area is 64.5 Å². The maximum atomic E-state index is 9.00. The summed E-state index contributed by atoms with van der Waals surface area (Å²) in [5, 5.41) is 9.00. The molecule has 0 spiro atoms. The summed E-state index contributed by atoms with van der Waals surface area (Å²) in [7, 11) is 0. The molecule has 11 heavy (non-hydrogen) atoms. The fourth-order valence-corrected chi connectivity index (χ4v) is 1.12. The van der Waals surface area contributed by atoms with Crippen LogP contribution in [0.15, 0.2) is 18.7 Å². The van der Waals surface area contributed by atoms with Crippen LogP contribution in [-0.4, -0.2) is 34.3 Å². The predicted octanol–water partition coefficient (Wildman–Crippen LogP) is -0.342. The molecule has 58 valence electrons. The van der Waals surface area contributed by atoms with Crippen molar-refractivity contribution in [3.8, 4) is 0 Å². The maximum Gasteiger partial charge on any atom is 0.115 e. The molecule has 1 N–H and O–H groups in total. The van der Waals surface area contributed by atoms with Gasteiger partial charge in [-0.3, -0.25) is 0 Å². The van der Waals surface area contributed by atoms with Gasteiger partial charge in [0.1, 0.15) is 6.33 Å². The highest BCUT2D eigenvalue weighted by Gasteiger charge is 2.24. The van der Waals surface area contributed by atoms with Crippen LogP contribution in [0.1, 0.15) is 0 Å². The van der Waals surface area contributed by atoms with Crippen molar-refractivity contribution >= 4 is 5.69 Å². The summed E-state index contributed by atoms with van der Waals surface area (Å²) in [5.41, 5.74) is 0.984. The molecular formula is C7H9N3O. The zero-order valence-electron chi connectivity index (χ0n) is 6.01. The van der Waals surface area contributed by atoms with Gasteiger partial charge in [0.05, 0.1) is 24.2 Å². The number of nitrogens with zero attached hydrogens (tertiary/aromatic N) is 3. The van der Waals surface area contributed by atoms with Crippen molar-refractivity contribution in [2.45, 2.75) is 6.10 Å². The molecule has 2 heterocycles. The van der Waals surface area contributed by atoms with Crippen LogP contribution in [-0.2, 0) is 0 Å². The van der Waals surface area contributed by atoms with Crippen molar-refractivity contribution in [3.63, 3.8) is 0 Å². The number of hydrogen-bond acceptors (Lipinski definition) is 4. The fourth-order valence-electron chi connectivity index (χ4n) is 1.12. The van der Waals surface area contributed by atoms with Gasteiger partial charge in [-0.2, -0.15) is 0 Å². The highest BCUT2D eigenvalue weighted by Crippen LogP contribution is 2.17. The van der Waals surface area contributed by atoms with Gasteiger partial charge >= 0.3 is 0 Å². The zero-order chi connectivity index (χ0) is 7.68. The van der Waals surface area contributed by atoms with Crippen LogP contribution in [0, 0.1) is 0 Å². The minimum Gasteiger partial charge on any atom is -0.389 e. The quantitative estimate of drug-likeness (QED) is 0.596. The first-order valence-electron chi connectivity index (χ1n) is 3.54. The Kier molecular flexibility index (Phi) is 1.47. The number of aliphatic hydroxyl groups excluding tert-OH is 1. The van der Waals surface area contributed by atoms with Crippen molar-refractivity contribution < 1.29 is 5.11 Å². The van der Waals surface area contributed by atoms with Crippen LogP contribution in [0.2, 0.25) is 0 Å². The number of β-amino-alcohol motifs (C(OH)–C–C–N with tert-alkyl or cyclic N) is 1. The van der Waals surface area contributed by atoms with Gasteiger partial charge in [0, 0.05) is 13.1 Å². The largest absolute Gasteiger partial charge is 0.389 e. The monoisotopic (exact) mass is 151 g/mol. The molecule has 1 aliphatic rings. The van der Waals surface area contributed by atoms with Gasteiger partial charge in [0.15, 0.2) is 0 Å². The van der Waals surface area contributed by atoms with E-state index in [9.17, 15) is 0 Å². The highest BCUT2D eigenvalue weighted by atomic mass is 16.3. The van der Waals surface area contributed by atoms with Crippen LogP contribution >= 0.6 is 0 Å². The summed E-state index contributed by atoms with van der Waals surface area (Å²) in [5.74, 6) is 0. The lowest BCUT2D eigenvalue weighted by Crippen LogP contribution is -2.50. The van der Waals surface area contributed by atoms with Gasteiger partial charge in [-0.05, 0) is 0 Å². The average Bonchev–Trinajstić information content (AvgIpc) is 2.01. The Morgan fingerprint density at radius 1 is 1.36 bits per heavy atom. The predicted molar refractivity (Wildman–Crippen MR) is 40.3 cm³/mol. The first-order chi connectivity index (χ1) is 5.36. The van der Waals surface area contributed by atoms with Gasteiger partial charge < -0.3 is 10.0 Å². The van der Waals surface area contributed by atoms with E-state index in [1.807, 2.05) is 4.90 Å². The van der Waals surface area contributed by atoms with Crippen LogP contribution in [0.5, 0.6) is 0 Å². The molecule has 0 saturated carbocycles. The number of hydrogen-bond donors (Lipinski definition) is 1. The van der Waals surface area contributed by atoms with Crippen molar-refractivity contribution in [1.29, 1.82) is 0 Å². The lowest BCUT2D eigenvalue weighted by atomic mass is 10.1. The van der Waals surface area contributed by atoms with E-state index < -0.39 is 0 Å². The van der Waals surface area contributed by atoms with Crippen LogP contribution < -0.4 is 4.90 Å². The first kappa shape index (κ1) is 6.54. The summed E-state index contributed by atoms with van der Waals surface area (Å²) < 4.78 is 0. The normalized spacial score (nSPS) is 18.1. The molecule has 1 aromatic heterocycles. The number of aromatic nitrogens is 2. The second-order valence-corrected chi connectivity index (χ2v) is 2.66. The summed E-state index contributed by atoms with van der Waals surface area (Å²) in [6, 6.07) is 0. The molecule has 4 nitrogen and oxygen atoms in total. The lowest BCUT2D eigenvalue weighted by Gasteiger charge is -2.37. The second-order valence-electron chi connectivity index (χ2n) is 2.66. The van der Waals surface area contributed by atoms with Crippen molar-refractivity contribution in [3.05, 3.63) is 18.7 Å². The van der Waals surface area contributed by atoms with E-state index >= 15 is 0 Å². The Hall–Kier alpha value is -1.16. The minimum atomic E-state index is -0.171. The van der Waals surface area contributed by atoms with E-state index in [1.54, 1.807) is 12.4 Å². The molecule has 0 aromatic carbocycles. The summed E-state index contributed by atoms with van der Waals surface area (Å²) in [4.78, 5) is 9.79. The molecule has 1 aliphatic heterocycles. The van der Waals surface area contributed by atoms with Gasteiger partial charge in [-0.1, -0.05) is 0 Å². The molecule has 4 heteroatoms. The third kappa shape index (κ3) is 1.17. The van der Waals surface area contributed by atoms with Gasteiger partial charge in [-0.25, -0.2) is 9.97 Å². The first-order valence-corrected chi connectivity index (χ1v) is 3.54. The third-order valence-electron chi connectivity index (χ3n) is 1.77. The van der Waals surface area contributed by atoms with E-state index in [0.29, 0.717) is 13.1 Å². The Morgan fingerprint density at radius 3 is 2.55 bits per heavy atom. The smallest absolute Gasteiger partial charge is 0.115 e. The van der Waals surface area contributed by atoms with E-state index in [-0.39, 0.29) is 6.10 Å². The number of anilines is 1. The Bertz CT molecular complexity index is 233. The van der Waals surface area contributed by atoms with E-state index in [0.717, 1.165) is 5.69 Å². The maximum absolute atomic E-state index is 9.00. The van der Waals surface area contributed by atoms with E-state index in [1.165, 1.54) is 6.33 Å². The number of rotatable bonds is 1. The summed E-state index contributed by atoms with van der Waals surface area (Å²) >= 11 is 0. The van der Waals surface area contributed by atoms with Crippen LogP contribution in [0.25, 0.3) is 0 Å². The summed E-state index contributed by atoms with van der Waals surface area (Å²) in [6.45, 7) is 1.40. The molecule has 0 bridgehead atoms. The number of aliphatic hydroxyl groups is 1. The molecule has 0 amide bonds. The second kappa shape index (κ2) is 2.47. The molecule has 1 aromatic rings. The SMILES string of the molecule is OC1CN(c2cncnc2)C1. The average molecular weight is 151 g/mol. The summed E-state index contributed by atoms with van der Waals surface area (Å²) in [6.07, 6.45) is 4.83. The van der Waals surface area contributed by atoms with Crippen molar-refractivity contribution in [1.82, 2.24) is 9.97 Å². The standard InChI is InChI=1S/C7H9N3O/c11-7-3-10(4-7)6-1-8-5-9-2-6/h1-2,5,7,11H,3-4H2. The minimum absolute atomic E-state index is 0.171. The van der Waals surface area contributed by atoms with Crippen LogP contribution in [0.4, 0.5) is 5.69 Å². The van der Waals surface area contributed by atoms with Crippen molar-refractivity contribution in [2.75, 3.05) is 18.0 Å². The molecule has 0 atom stereocenters. The molecule has 0 aliphatic carbocycles. The topological polar surface area (TPSA) is 49.2 Å². The highest BCUT2D eigenvalue weighted by molar-refractivity contribution is 5.44. The Morgan fingerprint density at radius 2 is 2.00 bits per heavy atom. The zero-order valence-corrected chi connectivity index (χ0v) is 6.01. The van der Waals surface area contributed by atoms with Gasteiger partial charge in [0.2, 0.25) is 0 Å².